The number of benzene rings is 2. The van der Waals surface area contributed by atoms with E-state index in [1.807, 2.05) is 13.8 Å². The zero-order valence-electron chi connectivity index (χ0n) is 12.6. The molecular weight excluding hydrogens is 302 g/mol. The number of sulfonamides is 1. The highest BCUT2D eigenvalue weighted by Gasteiger charge is 2.19. The Balaban J connectivity index is 2.23. The third-order valence-electron chi connectivity index (χ3n) is 3.37. The van der Waals surface area contributed by atoms with Crippen LogP contribution in [0.5, 0.6) is 5.75 Å². The lowest BCUT2D eigenvalue weighted by molar-refractivity contribution is 0.0981. The van der Waals surface area contributed by atoms with Crippen LogP contribution in [-0.2, 0) is 10.0 Å². The predicted molar refractivity (Wildman–Crippen MR) is 83.6 cm³/mol. The second-order valence-electron chi connectivity index (χ2n) is 4.91. The van der Waals surface area contributed by atoms with Crippen LogP contribution in [0.4, 0.5) is 0 Å². The van der Waals surface area contributed by atoms with E-state index < -0.39 is 15.9 Å². The van der Waals surface area contributed by atoms with Gasteiger partial charge in [0.25, 0.3) is 15.9 Å². The Morgan fingerprint density at radius 3 is 2.18 bits per heavy atom. The van der Waals surface area contributed by atoms with Gasteiger partial charge in [0.05, 0.1) is 12.0 Å². The Morgan fingerprint density at radius 1 is 1.00 bits per heavy atom. The SMILES string of the molecule is COc1ccc(C(=O)NS(=O)(=O)c2ccc(C)c(C)c2)cc1. The van der Waals surface area contributed by atoms with Crippen LogP contribution in [0.15, 0.2) is 47.4 Å². The van der Waals surface area contributed by atoms with Crippen LogP contribution in [0.1, 0.15) is 21.5 Å². The molecule has 0 aliphatic rings. The fourth-order valence-corrected chi connectivity index (χ4v) is 2.92. The van der Waals surface area contributed by atoms with Crippen molar-refractivity contribution in [3.8, 4) is 5.75 Å². The number of hydrogen-bond donors (Lipinski definition) is 1. The van der Waals surface area contributed by atoms with E-state index in [9.17, 15) is 13.2 Å². The highest BCUT2D eigenvalue weighted by atomic mass is 32.2. The number of nitrogens with one attached hydrogen (secondary N) is 1. The van der Waals surface area contributed by atoms with Crippen LogP contribution >= 0.6 is 0 Å². The lowest BCUT2D eigenvalue weighted by atomic mass is 10.1. The molecule has 2 aromatic rings. The number of hydrogen-bond acceptors (Lipinski definition) is 4. The van der Waals surface area contributed by atoms with E-state index in [2.05, 4.69) is 4.72 Å². The molecule has 1 N–H and O–H groups in total. The maximum Gasteiger partial charge on any atom is 0.265 e. The van der Waals surface area contributed by atoms with Crippen LogP contribution in [0.3, 0.4) is 0 Å². The van der Waals surface area contributed by atoms with Crippen LogP contribution < -0.4 is 9.46 Å². The molecule has 0 bridgehead atoms. The van der Waals surface area contributed by atoms with Crippen LogP contribution in [-0.4, -0.2) is 21.4 Å². The van der Waals surface area contributed by atoms with Crippen molar-refractivity contribution in [1.29, 1.82) is 0 Å². The maximum absolute atomic E-state index is 12.2. The zero-order chi connectivity index (χ0) is 16.3. The smallest absolute Gasteiger partial charge is 0.265 e. The summed E-state index contributed by atoms with van der Waals surface area (Å²) in [6, 6.07) is 10.9. The molecule has 0 aliphatic carbocycles. The van der Waals surface area contributed by atoms with Gasteiger partial charge in [-0.3, -0.25) is 4.79 Å². The van der Waals surface area contributed by atoms with Gasteiger partial charge in [0.15, 0.2) is 0 Å². The quantitative estimate of drug-likeness (QED) is 0.939. The average Bonchev–Trinajstić information content (AvgIpc) is 2.49. The van der Waals surface area contributed by atoms with Crippen molar-refractivity contribution in [1.82, 2.24) is 4.72 Å². The van der Waals surface area contributed by atoms with Gasteiger partial charge in [-0.05, 0) is 61.4 Å². The minimum Gasteiger partial charge on any atom is -0.497 e. The van der Waals surface area contributed by atoms with Gasteiger partial charge >= 0.3 is 0 Å². The van der Waals surface area contributed by atoms with Crippen LogP contribution in [0.2, 0.25) is 0 Å². The zero-order valence-corrected chi connectivity index (χ0v) is 13.4. The van der Waals surface area contributed by atoms with E-state index in [-0.39, 0.29) is 10.5 Å². The van der Waals surface area contributed by atoms with Crippen LogP contribution in [0, 0.1) is 13.8 Å². The summed E-state index contributed by atoms with van der Waals surface area (Å²) in [7, 11) is -2.38. The Morgan fingerprint density at radius 2 is 1.64 bits per heavy atom. The van der Waals surface area contributed by atoms with E-state index in [1.54, 1.807) is 24.3 Å². The van der Waals surface area contributed by atoms with Crippen molar-refractivity contribution in [2.75, 3.05) is 7.11 Å². The normalized spacial score (nSPS) is 11.0. The fraction of sp³-hybridized carbons (Fsp3) is 0.188. The summed E-state index contributed by atoms with van der Waals surface area (Å²) in [5, 5.41) is 0. The van der Waals surface area contributed by atoms with Gasteiger partial charge in [0, 0.05) is 5.56 Å². The molecule has 0 saturated carbocycles. The number of rotatable bonds is 4. The molecule has 0 radical (unpaired) electrons. The minimum atomic E-state index is -3.89. The molecule has 0 spiro atoms. The van der Waals surface area contributed by atoms with Gasteiger partial charge in [-0.1, -0.05) is 6.07 Å². The summed E-state index contributed by atoms with van der Waals surface area (Å²) in [4.78, 5) is 12.1. The summed E-state index contributed by atoms with van der Waals surface area (Å²) < 4.78 is 31.6. The average molecular weight is 319 g/mol. The lowest BCUT2D eigenvalue weighted by Crippen LogP contribution is -2.30. The van der Waals surface area contributed by atoms with Gasteiger partial charge in [0.2, 0.25) is 0 Å². The van der Waals surface area contributed by atoms with Crippen molar-refractivity contribution in [2.24, 2.45) is 0 Å². The summed E-state index contributed by atoms with van der Waals surface area (Å²) in [6.45, 7) is 3.71. The first-order chi connectivity index (χ1) is 10.3. The number of methoxy groups -OCH3 is 1. The standard InChI is InChI=1S/C16H17NO4S/c1-11-4-9-15(10-12(11)2)22(19,20)17-16(18)13-5-7-14(21-3)8-6-13/h4-10H,1-3H3,(H,17,18). The Kier molecular flexibility index (Phi) is 4.51. The van der Waals surface area contributed by atoms with E-state index in [0.29, 0.717) is 5.75 Å². The molecule has 0 aliphatic heterocycles. The molecular formula is C16H17NO4S. The van der Waals surface area contributed by atoms with Gasteiger partial charge < -0.3 is 4.74 Å². The van der Waals surface area contributed by atoms with Gasteiger partial charge in [-0.15, -0.1) is 0 Å². The highest BCUT2D eigenvalue weighted by Crippen LogP contribution is 2.16. The molecule has 0 unspecified atom stereocenters. The first-order valence-corrected chi connectivity index (χ1v) is 8.10. The summed E-state index contributed by atoms with van der Waals surface area (Å²) in [5.74, 6) is -0.0885. The van der Waals surface area contributed by atoms with Crippen molar-refractivity contribution in [3.05, 3.63) is 59.2 Å². The number of amides is 1. The fourth-order valence-electron chi connectivity index (χ4n) is 1.86. The number of ether oxygens (including phenoxy) is 1. The summed E-state index contributed by atoms with van der Waals surface area (Å²) >= 11 is 0. The predicted octanol–water partition coefficient (Wildman–Crippen LogP) is 2.43. The minimum absolute atomic E-state index is 0.0671. The molecule has 6 heteroatoms. The first kappa shape index (κ1) is 16.0. The number of carbonyl (C=O) groups is 1. The lowest BCUT2D eigenvalue weighted by Gasteiger charge is -2.09. The van der Waals surface area contributed by atoms with Crippen molar-refractivity contribution in [2.45, 2.75) is 18.7 Å². The second-order valence-corrected chi connectivity index (χ2v) is 6.59. The molecule has 5 nitrogen and oxygen atoms in total. The topological polar surface area (TPSA) is 72.5 Å². The van der Waals surface area contributed by atoms with E-state index in [0.717, 1.165) is 11.1 Å². The first-order valence-electron chi connectivity index (χ1n) is 6.62. The molecule has 0 saturated heterocycles. The molecule has 2 rings (SSSR count). The number of carbonyl (C=O) groups excluding carboxylic acids is 1. The molecule has 1 amide bonds. The van der Waals surface area contributed by atoms with E-state index in [1.165, 1.54) is 25.3 Å². The molecule has 0 aromatic heterocycles. The summed E-state index contributed by atoms with van der Waals surface area (Å²) in [6.07, 6.45) is 0. The van der Waals surface area contributed by atoms with Crippen molar-refractivity contribution < 1.29 is 17.9 Å². The van der Waals surface area contributed by atoms with Crippen LogP contribution in [0.25, 0.3) is 0 Å². The molecule has 0 atom stereocenters. The summed E-state index contributed by atoms with van der Waals surface area (Å²) in [5.41, 5.74) is 2.08. The van der Waals surface area contributed by atoms with Crippen molar-refractivity contribution in [3.63, 3.8) is 0 Å². The molecule has 22 heavy (non-hydrogen) atoms. The molecule has 116 valence electrons. The highest BCUT2D eigenvalue weighted by molar-refractivity contribution is 7.90. The molecule has 2 aromatic carbocycles. The van der Waals surface area contributed by atoms with E-state index in [4.69, 9.17) is 4.74 Å². The third-order valence-corrected chi connectivity index (χ3v) is 4.70. The Bertz CT molecular complexity index is 795. The largest absolute Gasteiger partial charge is 0.497 e. The van der Waals surface area contributed by atoms with Gasteiger partial charge in [0.1, 0.15) is 5.75 Å². The third kappa shape index (κ3) is 3.46. The maximum atomic E-state index is 12.2. The van der Waals surface area contributed by atoms with Gasteiger partial charge in [-0.25, -0.2) is 13.1 Å². The second kappa shape index (κ2) is 6.19. The molecule has 0 heterocycles. The Labute approximate surface area is 130 Å². The molecule has 0 fully saturated rings. The van der Waals surface area contributed by atoms with E-state index >= 15 is 0 Å². The monoisotopic (exact) mass is 319 g/mol. The number of aryl methyl sites for hydroxylation is 2. The van der Waals surface area contributed by atoms with Gasteiger partial charge in [-0.2, -0.15) is 0 Å². The Hall–Kier alpha value is -2.34. The van der Waals surface area contributed by atoms with Crippen molar-refractivity contribution >= 4 is 15.9 Å².